The van der Waals surface area contributed by atoms with Crippen LogP contribution in [0.3, 0.4) is 0 Å². The van der Waals surface area contributed by atoms with Crippen LogP contribution in [0.4, 0.5) is 5.69 Å². The summed E-state index contributed by atoms with van der Waals surface area (Å²) in [6.07, 6.45) is 3.41. The third-order valence-electron chi connectivity index (χ3n) is 4.13. The molecule has 29 heavy (non-hydrogen) atoms. The van der Waals surface area contributed by atoms with Gasteiger partial charge < -0.3 is 9.84 Å². The van der Waals surface area contributed by atoms with Crippen molar-refractivity contribution in [2.45, 2.75) is 23.9 Å². The third kappa shape index (κ3) is 4.33. The number of amides is 1. The summed E-state index contributed by atoms with van der Waals surface area (Å²) < 4.78 is 5.23. The number of anilines is 1. The third-order valence-corrected chi connectivity index (χ3v) is 5.01. The van der Waals surface area contributed by atoms with Gasteiger partial charge in [-0.1, -0.05) is 17.3 Å². The quantitative estimate of drug-likeness (QED) is 0.489. The molecule has 0 bridgehead atoms. The van der Waals surface area contributed by atoms with E-state index in [1.165, 1.54) is 11.8 Å². The summed E-state index contributed by atoms with van der Waals surface area (Å²) in [7, 11) is 0. The lowest BCUT2D eigenvalue weighted by atomic mass is 10.1. The highest BCUT2D eigenvalue weighted by atomic mass is 32.2. The Morgan fingerprint density at radius 2 is 1.83 bits per heavy atom. The fraction of sp³-hybridized carbons (Fsp3) is 0.0952. The molecule has 4 aromatic rings. The number of nitrogens with one attached hydrogen (secondary N) is 1. The molecule has 1 amide bonds. The normalized spacial score (nSPS) is 10.7. The Morgan fingerprint density at radius 1 is 1.03 bits per heavy atom. The average molecular weight is 403 g/mol. The van der Waals surface area contributed by atoms with E-state index in [0.717, 1.165) is 16.1 Å². The Bertz CT molecular complexity index is 1160. The van der Waals surface area contributed by atoms with Crippen LogP contribution in [0.1, 0.15) is 21.7 Å². The Hall–Kier alpha value is -3.52. The van der Waals surface area contributed by atoms with E-state index in [2.05, 4.69) is 25.4 Å². The zero-order valence-corrected chi connectivity index (χ0v) is 16.6. The van der Waals surface area contributed by atoms with Crippen LogP contribution in [0.15, 0.2) is 75.5 Å². The molecule has 8 heteroatoms. The van der Waals surface area contributed by atoms with E-state index < -0.39 is 0 Å². The number of rotatable bonds is 5. The zero-order chi connectivity index (χ0) is 20.2. The van der Waals surface area contributed by atoms with Gasteiger partial charge in [-0.05, 0) is 67.6 Å². The maximum Gasteiger partial charge on any atom is 0.258 e. The van der Waals surface area contributed by atoms with Gasteiger partial charge in [0, 0.05) is 23.0 Å². The van der Waals surface area contributed by atoms with Crippen molar-refractivity contribution in [3.63, 3.8) is 0 Å². The van der Waals surface area contributed by atoms with Gasteiger partial charge in [-0.3, -0.25) is 4.79 Å². The largest absolute Gasteiger partial charge is 0.334 e. The van der Waals surface area contributed by atoms with Crippen molar-refractivity contribution >= 4 is 23.4 Å². The van der Waals surface area contributed by atoms with E-state index in [0.29, 0.717) is 28.0 Å². The number of aryl methyl sites for hydroxylation is 2. The molecule has 0 spiro atoms. The van der Waals surface area contributed by atoms with Crippen molar-refractivity contribution in [1.29, 1.82) is 0 Å². The molecule has 0 radical (unpaired) electrons. The Labute approximate surface area is 171 Å². The number of hydrogen-bond acceptors (Lipinski definition) is 7. The van der Waals surface area contributed by atoms with Gasteiger partial charge in [0.05, 0.1) is 11.1 Å². The molecule has 2 aromatic carbocycles. The van der Waals surface area contributed by atoms with Gasteiger partial charge in [0.2, 0.25) is 0 Å². The first-order valence-electron chi connectivity index (χ1n) is 8.87. The van der Waals surface area contributed by atoms with Crippen LogP contribution < -0.4 is 5.32 Å². The molecular weight excluding hydrogens is 386 g/mol. The van der Waals surface area contributed by atoms with Gasteiger partial charge in [-0.25, -0.2) is 9.97 Å². The predicted molar refractivity (Wildman–Crippen MR) is 110 cm³/mol. The van der Waals surface area contributed by atoms with Gasteiger partial charge in [0.25, 0.3) is 11.8 Å². The van der Waals surface area contributed by atoms with E-state index in [9.17, 15) is 4.79 Å². The summed E-state index contributed by atoms with van der Waals surface area (Å²) in [6, 6.07) is 14.7. The first-order valence-corrected chi connectivity index (χ1v) is 9.68. The van der Waals surface area contributed by atoms with E-state index in [-0.39, 0.29) is 5.91 Å². The van der Waals surface area contributed by atoms with E-state index >= 15 is 0 Å². The van der Waals surface area contributed by atoms with E-state index in [1.807, 2.05) is 31.2 Å². The van der Waals surface area contributed by atoms with E-state index in [1.54, 1.807) is 43.6 Å². The Kier molecular flexibility index (Phi) is 5.35. The highest BCUT2D eigenvalue weighted by Crippen LogP contribution is 2.29. The molecule has 0 saturated heterocycles. The minimum atomic E-state index is -0.244. The van der Waals surface area contributed by atoms with Crippen LogP contribution in [0, 0.1) is 13.8 Å². The SMILES string of the molecule is Cc1noc(-c2ccccc2C(=O)Nc2ccc(Sc3ncccn3)cc2C)n1. The van der Waals surface area contributed by atoms with Crippen molar-refractivity contribution in [1.82, 2.24) is 20.1 Å². The highest BCUT2D eigenvalue weighted by Gasteiger charge is 2.17. The summed E-state index contributed by atoms with van der Waals surface area (Å²) in [5, 5.41) is 7.44. The first-order chi connectivity index (χ1) is 14.1. The molecule has 0 saturated carbocycles. The van der Waals surface area contributed by atoms with Gasteiger partial charge in [-0.2, -0.15) is 4.98 Å². The van der Waals surface area contributed by atoms with Crippen LogP contribution in [-0.2, 0) is 0 Å². The lowest BCUT2D eigenvalue weighted by Gasteiger charge is -2.11. The van der Waals surface area contributed by atoms with Crippen LogP contribution in [-0.4, -0.2) is 26.0 Å². The number of hydrogen-bond donors (Lipinski definition) is 1. The zero-order valence-electron chi connectivity index (χ0n) is 15.8. The minimum Gasteiger partial charge on any atom is -0.334 e. The summed E-state index contributed by atoms with van der Waals surface area (Å²) in [4.78, 5) is 26.6. The number of aromatic nitrogens is 4. The van der Waals surface area contributed by atoms with Gasteiger partial charge in [0.15, 0.2) is 11.0 Å². The van der Waals surface area contributed by atoms with Gasteiger partial charge in [0.1, 0.15) is 0 Å². The van der Waals surface area contributed by atoms with Crippen LogP contribution in [0.5, 0.6) is 0 Å². The van der Waals surface area contributed by atoms with Crippen molar-refractivity contribution in [3.05, 3.63) is 77.9 Å². The molecule has 0 atom stereocenters. The standard InChI is InChI=1S/C21H17N5O2S/c1-13-12-15(29-21-22-10-5-11-23-21)8-9-18(13)25-19(27)16-6-3-4-7-17(16)20-24-14(2)26-28-20/h3-12H,1-2H3,(H,25,27). The number of carbonyl (C=O) groups is 1. The average Bonchev–Trinajstić information content (AvgIpc) is 3.17. The molecule has 2 aromatic heterocycles. The summed E-state index contributed by atoms with van der Waals surface area (Å²) in [6.45, 7) is 3.68. The molecule has 1 N–H and O–H groups in total. The molecule has 0 unspecified atom stereocenters. The lowest BCUT2D eigenvalue weighted by Crippen LogP contribution is -2.14. The molecule has 0 aliphatic carbocycles. The first kappa shape index (κ1) is 18.8. The molecule has 144 valence electrons. The number of carbonyl (C=O) groups excluding carboxylic acids is 1. The Balaban J connectivity index is 1.55. The second-order valence-electron chi connectivity index (χ2n) is 6.26. The molecule has 0 fully saturated rings. The smallest absolute Gasteiger partial charge is 0.258 e. The van der Waals surface area contributed by atoms with Crippen LogP contribution in [0.25, 0.3) is 11.5 Å². The fourth-order valence-corrected chi connectivity index (χ4v) is 3.56. The van der Waals surface area contributed by atoms with Gasteiger partial charge >= 0.3 is 0 Å². The molecular formula is C21H17N5O2S. The maximum atomic E-state index is 12.9. The van der Waals surface area contributed by atoms with Crippen molar-refractivity contribution in [2.24, 2.45) is 0 Å². The topological polar surface area (TPSA) is 93.8 Å². The maximum absolute atomic E-state index is 12.9. The molecule has 0 aliphatic rings. The summed E-state index contributed by atoms with van der Waals surface area (Å²) >= 11 is 1.47. The lowest BCUT2D eigenvalue weighted by molar-refractivity contribution is 0.102. The second-order valence-corrected chi connectivity index (χ2v) is 7.30. The van der Waals surface area contributed by atoms with Crippen LogP contribution >= 0.6 is 11.8 Å². The highest BCUT2D eigenvalue weighted by molar-refractivity contribution is 7.99. The predicted octanol–water partition coefficient (Wildman–Crippen LogP) is 4.55. The minimum absolute atomic E-state index is 0.244. The molecule has 4 rings (SSSR count). The van der Waals surface area contributed by atoms with Gasteiger partial charge in [-0.15, -0.1) is 0 Å². The van der Waals surface area contributed by atoms with Crippen molar-refractivity contribution in [2.75, 3.05) is 5.32 Å². The van der Waals surface area contributed by atoms with E-state index in [4.69, 9.17) is 4.52 Å². The monoisotopic (exact) mass is 403 g/mol. The summed E-state index contributed by atoms with van der Waals surface area (Å²) in [5.41, 5.74) is 2.72. The number of nitrogens with zero attached hydrogens (tertiary/aromatic N) is 4. The number of benzene rings is 2. The Morgan fingerprint density at radius 3 is 2.55 bits per heavy atom. The summed E-state index contributed by atoms with van der Waals surface area (Å²) in [5.74, 6) is 0.590. The van der Waals surface area contributed by atoms with Crippen molar-refractivity contribution in [3.8, 4) is 11.5 Å². The molecule has 2 heterocycles. The molecule has 0 aliphatic heterocycles. The fourth-order valence-electron chi connectivity index (χ4n) is 2.75. The second kappa shape index (κ2) is 8.24. The van der Waals surface area contributed by atoms with Crippen LogP contribution in [0.2, 0.25) is 0 Å². The van der Waals surface area contributed by atoms with Crippen molar-refractivity contribution < 1.29 is 9.32 Å². The molecule has 7 nitrogen and oxygen atoms in total.